The second-order valence-electron chi connectivity index (χ2n) is 4.65. The number of urea groups is 1. The summed E-state index contributed by atoms with van der Waals surface area (Å²) in [6.45, 7) is 4.11. The molecule has 0 aromatic heterocycles. The zero-order valence-electron chi connectivity index (χ0n) is 12.0. The molecule has 0 spiro atoms. The van der Waals surface area contributed by atoms with Crippen molar-refractivity contribution >= 4 is 12.2 Å². The van der Waals surface area contributed by atoms with E-state index in [1.54, 1.807) is 0 Å². The molecular weight excluding hydrogens is 266 g/mol. The summed E-state index contributed by atoms with van der Waals surface area (Å²) in [6, 6.07) is 12.6. The molecule has 2 rings (SSSR count). The van der Waals surface area contributed by atoms with Crippen LogP contribution in [0.2, 0.25) is 0 Å². The Bertz CT molecular complexity index is 664. The SMILES string of the molecule is Cc1ccc(Oc2ccc(/C=N\NC(N)=O)cc2)cc1C. The number of hydrogen-bond acceptors (Lipinski definition) is 3. The zero-order valence-corrected chi connectivity index (χ0v) is 12.0. The molecular formula is C16H17N3O2. The molecule has 0 fully saturated rings. The number of nitrogens with two attached hydrogens (primary N) is 1. The first-order valence-electron chi connectivity index (χ1n) is 6.48. The highest BCUT2D eigenvalue weighted by Gasteiger charge is 1.99. The van der Waals surface area contributed by atoms with E-state index >= 15 is 0 Å². The van der Waals surface area contributed by atoms with Crippen molar-refractivity contribution < 1.29 is 9.53 Å². The lowest BCUT2D eigenvalue weighted by Crippen LogP contribution is -2.24. The van der Waals surface area contributed by atoms with Gasteiger partial charge in [0.05, 0.1) is 6.21 Å². The molecule has 0 saturated carbocycles. The lowest BCUT2D eigenvalue weighted by molar-refractivity contribution is 0.249. The summed E-state index contributed by atoms with van der Waals surface area (Å²) in [6.07, 6.45) is 1.50. The summed E-state index contributed by atoms with van der Waals surface area (Å²) in [5.41, 5.74) is 10.3. The van der Waals surface area contributed by atoms with E-state index in [1.165, 1.54) is 17.3 Å². The number of nitrogens with one attached hydrogen (secondary N) is 1. The topological polar surface area (TPSA) is 76.7 Å². The van der Waals surface area contributed by atoms with Crippen LogP contribution in [0.25, 0.3) is 0 Å². The molecule has 0 radical (unpaired) electrons. The lowest BCUT2D eigenvalue weighted by Gasteiger charge is -2.08. The minimum atomic E-state index is -0.694. The Morgan fingerprint density at radius 2 is 1.76 bits per heavy atom. The van der Waals surface area contributed by atoms with Crippen molar-refractivity contribution in [2.45, 2.75) is 13.8 Å². The van der Waals surface area contributed by atoms with Gasteiger partial charge in [-0.05, 0) is 66.9 Å². The predicted octanol–water partition coefficient (Wildman–Crippen LogP) is 3.10. The van der Waals surface area contributed by atoms with Crippen LogP contribution in [0, 0.1) is 13.8 Å². The van der Waals surface area contributed by atoms with Crippen LogP contribution in [0.5, 0.6) is 11.5 Å². The quantitative estimate of drug-likeness (QED) is 0.668. The van der Waals surface area contributed by atoms with E-state index in [9.17, 15) is 4.79 Å². The van der Waals surface area contributed by atoms with Gasteiger partial charge in [-0.1, -0.05) is 6.07 Å². The van der Waals surface area contributed by atoms with E-state index in [4.69, 9.17) is 10.5 Å². The Morgan fingerprint density at radius 3 is 2.38 bits per heavy atom. The largest absolute Gasteiger partial charge is 0.457 e. The number of rotatable bonds is 4. The van der Waals surface area contributed by atoms with E-state index in [0.717, 1.165) is 17.1 Å². The van der Waals surface area contributed by atoms with Gasteiger partial charge in [-0.3, -0.25) is 0 Å². The van der Waals surface area contributed by atoms with Crippen LogP contribution >= 0.6 is 0 Å². The maximum absolute atomic E-state index is 10.5. The normalized spacial score (nSPS) is 10.6. The molecule has 0 saturated heterocycles. The fourth-order valence-electron chi connectivity index (χ4n) is 1.71. The van der Waals surface area contributed by atoms with Crippen molar-refractivity contribution in [3.8, 4) is 11.5 Å². The Morgan fingerprint density at radius 1 is 1.10 bits per heavy atom. The van der Waals surface area contributed by atoms with Gasteiger partial charge in [-0.25, -0.2) is 10.2 Å². The molecule has 0 aliphatic carbocycles. The van der Waals surface area contributed by atoms with Crippen LogP contribution in [-0.4, -0.2) is 12.2 Å². The van der Waals surface area contributed by atoms with E-state index < -0.39 is 6.03 Å². The van der Waals surface area contributed by atoms with Crippen molar-refractivity contribution in [2.75, 3.05) is 0 Å². The first kappa shape index (κ1) is 14.6. The molecule has 2 aromatic carbocycles. The molecule has 0 bridgehead atoms. The number of amides is 2. The van der Waals surface area contributed by atoms with Crippen molar-refractivity contribution in [1.29, 1.82) is 0 Å². The summed E-state index contributed by atoms with van der Waals surface area (Å²) in [7, 11) is 0. The molecule has 2 aromatic rings. The van der Waals surface area contributed by atoms with Gasteiger partial charge >= 0.3 is 6.03 Å². The first-order chi connectivity index (χ1) is 10.0. The molecule has 5 nitrogen and oxygen atoms in total. The van der Waals surface area contributed by atoms with Gasteiger partial charge in [0.15, 0.2) is 0 Å². The summed E-state index contributed by atoms with van der Waals surface area (Å²) in [4.78, 5) is 10.5. The molecule has 0 atom stereocenters. The molecule has 3 N–H and O–H groups in total. The second kappa shape index (κ2) is 6.56. The standard InChI is InChI=1S/C16H17N3O2/c1-11-3-6-15(9-12(11)2)21-14-7-4-13(5-8-14)10-18-19-16(17)20/h3-10H,1-2H3,(H3,17,19,20)/b18-10-. The van der Waals surface area contributed by atoms with Crippen LogP contribution in [0.15, 0.2) is 47.6 Å². The maximum atomic E-state index is 10.5. The minimum Gasteiger partial charge on any atom is -0.457 e. The third kappa shape index (κ3) is 4.35. The highest BCUT2D eigenvalue weighted by molar-refractivity contribution is 5.81. The average molecular weight is 283 g/mol. The number of primary amides is 1. The smallest absolute Gasteiger partial charge is 0.332 e. The van der Waals surface area contributed by atoms with Crippen LogP contribution < -0.4 is 15.9 Å². The highest BCUT2D eigenvalue weighted by Crippen LogP contribution is 2.23. The predicted molar refractivity (Wildman–Crippen MR) is 82.7 cm³/mol. The van der Waals surface area contributed by atoms with Crippen LogP contribution in [0.4, 0.5) is 4.79 Å². The van der Waals surface area contributed by atoms with Gasteiger partial charge in [0.25, 0.3) is 0 Å². The number of carbonyl (C=O) groups excluding carboxylic acids is 1. The van der Waals surface area contributed by atoms with Gasteiger partial charge in [0.2, 0.25) is 0 Å². The van der Waals surface area contributed by atoms with E-state index in [2.05, 4.69) is 17.5 Å². The Labute approximate surface area is 123 Å². The minimum absolute atomic E-state index is 0.694. The number of nitrogens with zero attached hydrogens (tertiary/aromatic N) is 1. The number of aryl methyl sites for hydroxylation is 2. The van der Waals surface area contributed by atoms with Crippen LogP contribution in [-0.2, 0) is 0 Å². The maximum Gasteiger partial charge on any atom is 0.332 e. The molecule has 5 heteroatoms. The number of carbonyl (C=O) groups is 1. The molecule has 0 aliphatic heterocycles. The molecule has 2 amide bonds. The molecule has 108 valence electrons. The van der Waals surface area contributed by atoms with E-state index in [0.29, 0.717) is 0 Å². The third-order valence-electron chi connectivity index (χ3n) is 2.98. The summed E-state index contributed by atoms with van der Waals surface area (Å²) in [5.74, 6) is 1.54. The van der Waals surface area contributed by atoms with Crippen LogP contribution in [0.3, 0.4) is 0 Å². The molecule has 0 unspecified atom stereocenters. The van der Waals surface area contributed by atoms with Crippen molar-refractivity contribution in [3.63, 3.8) is 0 Å². The highest BCUT2D eigenvalue weighted by atomic mass is 16.5. The van der Waals surface area contributed by atoms with Gasteiger partial charge in [-0.2, -0.15) is 5.10 Å². The first-order valence-corrected chi connectivity index (χ1v) is 6.48. The third-order valence-corrected chi connectivity index (χ3v) is 2.98. The van der Waals surface area contributed by atoms with Gasteiger partial charge in [0, 0.05) is 0 Å². The fourth-order valence-corrected chi connectivity index (χ4v) is 1.71. The molecule has 0 heterocycles. The molecule has 21 heavy (non-hydrogen) atoms. The average Bonchev–Trinajstić information content (AvgIpc) is 2.44. The van der Waals surface area contributed by atoms with Gasteiger partial charge in [0.1, 0.15) is 11.5 Å². The summed E-state index contributed by atoms with van der Waals surface area (Å²) < 4.78 is 5.78. The van der Waals surface area contributed by atoms with Crippen molar-refractivity contribution in [2.24, 2.45) is 10.8 Å². The Kier molecular flexibility index (Phi) is 4.56. The van der Waals surface area contributed by atoms with Crippen molar-refractivity contribution in [3.05, 3.63) is 59.2 Å². The van der Waals surface area contributed by atoms with Crippen molar-refractivity contribution in [1.82, 2.24) is 5.43 Å². The summed E-state index contributed by atoms with van der Waals surface area (Å²) >= 11 is 0. The second-order valence-corrected chi connectivity index (χ2v) is 4.65. The lowest BCUT2D eigenvalue weighted by atomic mass is 10.1. The molecule has 0 aliphatic rings. The zero-order chi connectivity index (χ0) is 15.2. The number of ether oxygens (including phenoxy) is 1. The van der Waals surface area contributed by atoms with Gasteiger partial charge in [-0.15, -0.1) is 0 Å². The van der Waals surface area contributed by atoms with E-state index in [1.807, 2.05) is 49.4 Å². The Balaban J connectivity index is 2.03. The fraction of sp³-hybridized carbons (Fsp3) is 0.125. The Hall–Kier alpha value is -2.82. The van der Waals surface area contributed by atoms with Crippen LogP contribution in [0.1, 0.15) is 16.7 Å². The van der Waals surface area contributed by atoms with E-state index in [-0.39, 0.29) is 0 Å². The number of hydrogen-bond donors (Lipinski definition) is 2. The summed E-state index contributed by atoms with van der Waals surface area (Å²) in [5, 5.41) is 3.69. The number of benzene rings is 2. The van der Waals surface area contributed by atoms with Gasteiger partial charge < -0.3 is 10.5 Å². The number of hydrazone groups is 1. The monoisotopic (exact) mass is 283 g/mol.